The first-order chi connectivity index (χ1) is 8.56. The molecule has 18 heavy (non-hydrogen) atoms. The van der Waals surface area contributed by atoms with E-state index in [4.69, 9.17) is 5.73 Å². The van der Waals surface area contributed by atoms with Gasteiger partial charge in [-0.2, -0.15) is 0 Å². The normalized spacial score (nSPS) is 25.0. The number of nitro groups is 1. The quantitative estimate of drug-likeness (QED) is 0.654. The van der Waals surface area contributed by atoms with Crippen LogP contribution >= 0.6 is 0 Å². The van der Waals surface area contributed by atoms with Crippen LogP contribution in [-0.4, -0.2) is 29.0 Å². The first kappa shape index (κ1) is 13.0. The SMILES string of the molecule is CC1CC(N)CN(Cc2ccccc2[N+](=O)[O-])C1. The van der Waals surface area contributed by atoms with Crippen molar-refractivity contribution in [2.24, 2.45) is 11.7 Å². The Bertz CT molecular complexity index is 426. The zero-order chi connectivity index (χ0) is 13.1. The van der Waals surface area contributed by atoms with Crippen LogP contribution in [0.25, 0.3) is 0 Å². The molecule has 2 N–H and O–H groups in total. The van der Waals surface area contributed by atoms with Crippen molar-refractivity contribution in [3.63, 3.8) is 0 Å². The third kappa shape index (κ3) is 3.05. The molecule has 1 aromatic rings. The van der Waals surface area contributed by atoms with Crippen molar-refractivity contribution in [1.82, 2.24) is 4.90 Å². The van der Waals surface area contributed by atoms with E-state index in [2.05, 4.69) is 11.8 Å². The molecule has 1 aromatic carbocycles. The maximum absolute atomic E-state index is 11.0. The molecular weight excluding hydrogens is 230 g/mol. The van der Waals surface area contributed by atoms with E-state index in [1.54, 1.807) is 12.1 Å². The van der Waals surface area contributed by atoms with E-state index < -0.39 is 0 Å². The van der Waals surface area contributed by atoms with Crippen molar-refractivity contribution >= 4 is 5.69 Å². The number of hydrogen-bond acceptors (Lipinski definition) is 4. The van der Waals surface area contributed by atoms with Gasteiger partial charge in [0.05, 0.1) is 4.92 Å². The van der Waals surface area contributed by atoms with E-state index in [-0.39, 0.29) is 16.7 Å². The Hall–Kier alpha value is -1.46. The minimum atomic E-state index is -0.317. The molecule has 0 aromatic heterocycles. The number of nitro benzene ring substituents is 1. The average Bonchev–Trinajstić information content (AvgIpc) is 2.27. The van der Waals surface area contributed by atoms with Crippen molar-refractivity contribution in [3.05, 3.63) is 39.9 Å². The van der Waals surface area contributed by atoms with Gasteiger partial charge >= 0.3 is 0 Å². The minimum absolute atomic E-state index is 0.177. The lowest BCUT2D eigenvalue weighted by molar-refractivity contribution is -0.385. The fourth-order valence-corrected chi connectivity index (χ4v) is 2.71. The van der Waals surface area contributed by atoms with Gasteiger partial charge in [-0.25, -0.2) is 0 Å². The van der Waals surface area contributed by atoms with Gasteiger partial charge in [-0.15, -0.1) is 0 Å². The van der Waals surface area contributed by atoms with Crippen molar-refractivity contribution < 1.29 is 4.92 Å². The zero-order valence-corrected chi connectivity index (χ0v) is 10.6. The van der Waals surface area contributed by atoms with E-state index in [1.165, 1.54) is 0 Å². The summed E-state index contributed by atoms with van der Waals surface area (Å²) < 4.78 is 0. The van der Waals surface area contributed by atoms with Gasteiger partial charge in [0, 0.05) is 37.3 Å². The van der Waals surface area contributed by atoms with Crippen LogP contribution in [0.1, 0.15) is 18.9 Å². The van der Waals surface area contributed by atoms with Crippen LogP contribution in [0.4, 0.5) is 5.69 Å². The van der Waals surface area contributed by atoms with E-state index in [0.717, 1.165) is 25.1 Å². The van der Waals surface area contributed by atoms with Crippen LogP contribution in [0.15, 0.2) is 24.3 Å². The summed E-state index contributed by atoms with van der Waals surface area (Å²) in [5, 5.41) is 11.0. The van der Waals surface area contributed by atoms with Gasteiger partial charge in [0.25, 0.3) is 5.69 Å². The molecule has 1 aliphatic rings. The second kappa shape index (κ2) is 5.46. The molecule has 1 heterocycles. The standard InChI is InChI=1S/C13H19N3O2/c1-10-6-12(14)9-15(7-10)8-11-4-2-3-5-13(11)16(17)18/h2-5,10,12H,6-9,14H2,1H3. The molecule has 0 bridgehead atoms. The van der Waals surface area contributed by atoms with Crippen LogP contribution in [0.3, 0.4) is 0 Å². The summed E-state index contributed by atoms with van der Waals surface area (Å²) in [6, 6.07) is 7.10. The summed E-state index contributed by atoms with van der Waals surface area (Å²) >= 11 is 0. The smallest absolute Gasteiger partial charge is 0.273 e. The molecule has 2 rings (SSSR count). The molecule has 5 nitrogen and oxygen atoms in total. The van der Waals surface area contributed by atoms with Gasteiger partial charge in [-0.3, -0.25) is 15.0 Å². The Labute approximate surface area is 107 Å². The number of piperidine rings is 1. The van der Waals surface area contributed by atoms with Crippen LogP contribution in [0.5, 0.6) is 0 Å². The van der Waals surface area contributed by atoms with Crippen LogP contribution in [-0.2, 0) is 6.54 Å². The van der Waals surface area contributed by atoms with Gasteiger partial charge < -0.3 is 5.73 Å². The number of nitrogens with two attached hydrogens (primary N) is 1. The summed E-state index contributed by atoms with van der Waals surface area (Å²) in [5.74, 6) is 0.552. The molecule has 0 spiro atoms. The number of benzene rings is 1. The van der Waals surface area contributed by atoms with Crippen molar-refractivity contribution in [2.45, 2.75) is 25.9 Å². The summed E-state index contributed by atoms with van der Waals surface area (Å²) in [6.45, 7) is 4.55. The van der Waals surface area contributed by atoms with Crippen molar-refractivity contribution in [1.29, 1.82) is 0 Å². The van der Waals surface area contributed by atoms with E-state index in [9.17, 15) is 10.1 Å². The number of para-hydroxylation sites is 1. The number of likely N-dealkylation sites (tertiary alicyclic amines) is 1. The molecule has 1 fully saturated rings. The third-order valence-electron chi connectivity index (χ3n) is 3.35. The van der Waals surface area contributed by atoms with Gasteiger partial charge in [0.2, 0.25) is 0 Å². The van der Waals surface area contributed by atoms with Crippen molar-refractivity contribution in [2.75, 3.05) is 13.1 Å². The molecule has 2 atom stereocenters. The van der Waals surface area contributed by atoms with E-state index in [0.29, 0.717) is 12.5 Å². The average molecular weight is 249 g/mol. The van der Waals surface area contributed by atoms with E-state index >= 15 is 0 Å². The predicted molar refractivity (Wildman–Crippen MR) is 70.1 cm³/mol. The molecular formula is C13H19N3O2. The van der Waals surface area contributed by atoms with Gasteiger partial charge in [0.15, 0.2) is 0 Å². The highest BCUT2D eigenvalue weighted by atomic mass is 16.6. The van der Waals surface area contributed by atoms with E-state index in [1.807, 2.05) is 12.1 Å². The Morgan fingerprint density at radius 3 is 2.83 bits per heavy atom. The maximum Gasteiger partial charge on any atom is 0.273 e. The lowest BCUT2D eigenvalue weighted by Gasteiger charge is -2.34. The zero-order valence-electron chi connectivity index (χ0n) is 10.6. The second-order valence-corrected chi connectivity index (χ2v) is 5.18. The molecule has 98 valence electrons. The highest BCUT2D eigenvalue weighted by Crippen LogP contribution is 2.22. The molecule has 2 unspecified atom stereocenters. The minimum Gasteiger partial charge on any atom is -0.327 e. The largest absolute Gasteiger partial charge is 0.327 e. The lowest BCUT2D eigenvalue weighted by Crippen LogP contribution is -2.45. The molecule has 0 amide bonds. The number of hydrogen-bond donors (Lipinski definition) is 1. The topological polar surface area (TPSA) is 72.4 Å². The van der Waals surface area contributed by atoms with Crippen LogP contribution in [0, 0.1) is 16.0 Å². The fourth-order valence-electron chi connectivity index (χ4n) is 2.71. The highest BCUT2D eigenvalue weighted by molar-refractivity contribution is 5.39. The number of nitrogens with zero attached hydrogens (tertiary/aromatic N) is 2. The Balaban J connectivity index is 2.11. The first-order valence-corrected chi connectivity index (χ1v) is 6.26. The maximum atomic E-state index is 11.0. The second-order valence-electron chi connectivity index (χ2n) is 5.18. The third-order valence-corrected chi connectivity index (χ3v) is 3.35. The lowest BCUT2D eigenvalue weighted by atomic mass is 9.96. The Kier molecular flexibility index (Phi) is 3.93. The molecule has 1 saturated heterocycles. The molecule has 0 aliphatic carbocycles. The van der Waals surface area contributed by atoms with Gasteiger partial charge in [0.1, 0.15) is 0 Å². The monoisotopic (exact) mass is 249 g/mol. The molecule has 5 heteroatoms. The predicted octanol–water partition coefficient (Wildman–Crippen LogP) is 1.76. The van der Waals surface area contributed by atoms with Gasteiger partial charge in [-0.1, -0.05) is 25.1 Å². The highest BCUT2D eigenvalue weighted by Gasteiger charge is 2.24. The fraction of sp³-hybridized carbons (Fsp3) is 0.538. The van der Waals surface area contributed by atoms with Crippen LogP contribution in [0.2, 0.25) is 0 Å². The molecule has 1 aliphatic heterocycles. The summed E-state index contributed by atoms with van der Waals surface area (Å²) in [6.07, 6.45) is 1.04. The first-order valence-electron chi connectivity index (χ1n) is 6.26. The van der Waals surface area contributed by atoms with Crippen molar-refractivity contribution in [3.8, 4) is 0 Å². The summed E-state index contributed by atoms with van der Waals surface area (Å²) in [5.41, 5.74) is 6.96. The summed E-state index contributed by atoms with van der Waals surface area (Å²) in [7, 11) is 0. The summed E-state index contributed by atoms with van der Waals surface area (Å²) in [4.78, 5) is 12.8. The Morgan fingerprint density at radius 1 is 1.44 bits per heavy atom. The van der Waals surface area contributed by atoms with Crippen LogP contribution < -0.4 is 5.73 Å². The Morgan fingerprint density at radius 2 is 2.17 bits per heavy atom. The molecule has 0 radical (unpaired) electrons. The van der Waals surface area contributed by atoms with Gasteiger partial charge in [-0.05, 0) is 12.3 Å². The molecule has 0 saturated carbocycles. The number of rotatable bonds is 3.